The quantitative estimate of drug-likeness (QED) is 0.404. The lowest BCUT2D eigenvalue weighted by Gasteiger charge is -2.44. The highest BCUT2D eigenvalue weighted by atomic mass is 35.5. The molecular formula is C23H30ClN9O2. The number of aliphatic hydroxyl groups excluding tert-OH is 1. The normalized spacial score (nSPS) is 20.3. The van der Waals surface area contributed by atoms with Crippen LogP contribution < -0.4 is 15.4 Å². The predicted molar refractivity (Wildman–Crippen MR) is 132 cm³/mol. The van der Waals surface area contributed by atoms with Gasteiger partial charge in [0, 0.05) is 18.3 Å². The van der Waals surface area contributed by atoms with Crippen molar-refractivity contribution in [1.82, 2.24) is 35.1 Å². The van der Waals surface area contributed by atoms with Gasteiger partial charge in [0.25, 0.3) is 0 Å². The van der Waals surface area contributed by atoms with Crippen molar-refractivity contribution in [3.8, 4) is 11.4 Å². The summed E-state index contributed by atoms with van der Waals surface area (Å²) in [7, 11) is 0. The summed E-state index contributed by atoms with van der Waals surface area (Å²) < 4.78 is 7.11. The van der Waals surface area contributed by atoms with Crippen molar-refractivity contribution in [2.75, 3.05) is 43.5 Å². The average Bonchev–Trinajstić information content (AvgIpc) is 3.43. The van der Waals surface area contributed by atoms with E-state index in [-0.39, 0.29) is 13.2 Å². The number of hydrogen-bond acceptors (Lipinski definition) is 10. The van der Waals surface area contributed by atoms with Gasteiger partial charge in [-0.2, -0.15) is 9.67 Å². The predicted octanol–water partition coefficient (Wildman–Crippen LogP) is 2.90. The third kappa shape index (κ3) is 5.63. The fourth-order valence-electron chi connectivity index (χ4n) is 5.05. The number of benzene rings is 1. The van der Waals surface area contributed by atoms with E-state index >= 15 is 0 Å². The van der Waals surface area contributed by atoms with Crippen LogP contribution in [0.15, 0.2) is 30.7 Å². The van der Waals surface area contributed by atoms with E-state index in [0.717, 1.165) is 12.2 Å². The maximum absolute atomic E-state index is 9.11. The molecule has 2 saturated heterocycles. The molecule has 0 amide bonds. The Balaban J connectivity index is 1.29. The number of nitrogens with one attached hydrogen (secondary N) is 2. The van der Waals surface area contributed by atoms with Crippen molar-refractivity contribution in [3.63, 3.8) is 0 Å². The lowest BCUT2D eigenvalue weighted by atomic mass is 9.83. The summed E-state index contributed by atoms with van der Waals surface area (Å²) in [5.74, 6) is 2.18. The van der Waals surface area contributed by atoms with Crippen LogP contribution in [-0.4, -0.2) is 79.1 Å². The van der Waals surface area contributed by atoms with Crippen LogP contribution in [0.4, 0.5) is 17.5 Å². The summed E-state index contributed by atoms with van der Waals surface area (Å²) in [6.45, 7) is 3.36. The number of halogens is 1. The molecule has 2 aliphatic rings. The van der Waals surface area contributed by atoms with Crippen molar-refractivity contribution in [1.29, 1.82) is 0 Å². The SMILES string of the molecule is OCCOc1ccc(Nc2ncc(Cl)c(NCC3CCCN4CCCCC34)n2)cc1-n1cnnn1. The van der Waals surface area contributed by atoms with Crippen molar-refractivity contribution in [3.05, 3.63) is 35.7 Å². The second kappa shape index (κ2) is 11.1. The molecule has 2 unspecified atom stereocenters. The second-order valence-electron chi connectivity index (χ2n) is 8.91. The molecule has 35 heavy (non-hydrogen) atoms. The first-order valence-electron chi connectivity index (χ1n) is 12.1. The zero-order valence-corrected chi connectivity index (χ0v) is 20.2. The minimum atomic E-state index is -0.0942. The third-order valence-corrected chi connectivity index (χ3v) is 6.94. The summed E-state index contributed by atoms with van der Waals surface area (Å²) in [6.07, 6.45) is 9.46. The Labute approximate surface area is 208 Å². The molecule has 0 saturated carbocycles. The fraction of sp³-hybridized carbons (Fsp3) is 0.522. The van der Waals surface area contributed by atoms with Crippen LogP contribution in [0.3, 0.4) is 0 Å². The first-order chi connectivity index (χ1) is 17.2. The molecule has 12 heteroatoms. The number of fused-ring (bicyclic) bond motifs is 1. The molecule has 0 bridgehead atoms. The lowest BCUT2D eigenvalue weighted by molar-refractivity contribution is 0.0649. The number of tetrazole rings is 1. The van der Waals surface area contributed by atoms with Gasteiger partial charge in [-0.3, -0.25) is 0 Å². The van der Waals surface area contributed by atoms with Gasteiger partial charge in [0.1, 0.15) is 29.4 Å². The van der Waals surface area contributed by atoms with E-state index in [9.17, 15) is 0 Å². The Morgan fingerprint density at radius 3 is 2.94 bits per heavy atom. The Morgan fingerprint density at radius 1 is 1.17 bits per heavy atom. The first-order valence-corrected chi connectivity index (χ1v) is 12.5. The number of aliphatic hydroxyl groups is 1. The topological polar surface area (TPSA) is 126 Å². The van der Waals surface area contributed by atoms with Crippen molar-refractivity contribution in [2.45, 2.75) is 38.1 Å². The monoisotopic (exact) mass is 499 g/mol. The van der Waals surface area contributed by atoms with E-state index in [1.807, 2.05) is 12.1 Å². The number of piperidine rings is 2. The number of ether oxygens (including phenoxy) is 1. The van der Waals surface area contributed by atoms with Crippen LogP contribution in [-0.2, 0) is 0 Å². The van der Waals surface area contributed by atoms with Gasteiger partial charge in [0.2, 0.25) is 5.95 Å². The van der Waals surface area contributed by atoms with Gasteiger partial charge in [-0.1, -0.05) is 18.0 Å². The Hall–Kier alpha value is -3.02. The van der Waals surface area contributed by atoms with Crippen LogP contribution in [0.25, 0.3) is 5.69 Å². The summed E-state index contributed by atoms with van der Waals surface area (Å²) >= 11 is 6.43. The number of rotatable bonds is 9. The number of nitrogens with zero attached hydrogens (tertiary/aromatic N) is 7. The lowest BCUT2D eigenvalue weighted by Crippen LogP contribution is -2.49. The zero-order valence-electron chi connectivity index (χ0n) is 19.5. The molecule has 0 spiro atoms. The molecule has 186 valence electrons. The average molecular weight is 500 g/mol. The highest BCUT2D eigenvalue weighted by Gasteiger charge is 2.32. The van der Waals surface area contributed by atoms with Crippen LogP contribution in [0.1, 0.15) is 32.1 Å². The maximum Gasteiger partial charge on any atom is 0.229 e. The first kappa shape index (κ1) is 23.7. The maximum atomic E-state index is 9.11. The van der Waals surface area contributed by atoms with E-state index < -0.39 is 0 Å². The van der Waals surface area contributed by atoms with E-state index in [1.165, 1.54) is 56.2 Å². The molecule has 1 aromatic carbocycles. The Morgan fingerprint density at radius 2 is 2.09 bits per heavy atom. The summed E-state index contributed by atoms with van der Waals surface area (Å²) in [4.78, 5) is 11.6. The summed E-state index contributed by atoms with van der Waals surface area (Å²) in [6, 6.07) is 6.10. The van der Waals surface area contributed by atoms with Crippen LogP contribution >= 0.6 is 11.6 Å². The third-order valence-electron chi connectivity index (χ3n) is 6.66. The van der Waals surface area contributed by atoms with Gasteiger partial charge >= 0.3 is 0 Å². The van der Waals surface area contributed by atoms with Crippen LogP contribution in [0.5, 0.6) is 5.75 Å². The summed E-state index contributed by atoms with van der Waals surface area (Å²) in [5, 5.41) is 27.7. The molecule has 2 atom stereocenters. The van der Waals surface area contributed by atoms with E-state index in [4.69, 9.17) is 21.4 Å². The Bertz CT molecular complexity index is 1110. The molecule has 2 fully saturated rings. The van der Waals surface area contributed by atoms with Crippen molar-refractivity contribution >= 4 is 29.1 Å². The Kier molecular flexibility index (Phi) is 7.55. The number of hydrogen-bond donors (Lipinski definition) is 3. The van der Waals surface area contributed by atoms with Crippen molar-refractivity contribution in [2.24, 2.45) is 5.92 Å². The molecule has 3 aromatic rings. The number of aromatic nitrogens is 6. The van der Waals surface area contributed by atoms with Gasteiger partial charge in [-0.05, 0) is 73.3 Å². The second-order valence-corrected chi connectivity index (χ2v) is 9.31. The molecule has 2 aromatic heterocycles. The fourth-order valence-corrected chi connectivity index (χ4v) is 5.20. The zero-order chi connectivity index (χ0) is 24.0. The molecule has 0 radical (unpaired) electrons. The molecule has 11 nitrogen and oxygen atoms in total. The molecule has 0 aliphatic carbocycles. The largest absolute Gasteiger partial charge is 0.489 e. The van der Waals surface area contributed by atoms with Gasteiger partial charge in [0.05, 0.1) is 12.8 Å². The molecule has 2 aliphatic heterocycles. The van der Waals surface area contributed by atoms with Gasteiger partial charge in [0.15, 0.2) is 5.82 Å². The van der Waals surface area contributed by atoms with E-state index in [1.54, 1.807) is 12.3 Å². The van der Waals surface area contributed by atoms with Crippen LogP contribution in [0, 0.1) is 5.92 Å². The van der Waals surface area contributed by atoms with Gasteiger partial charge < -0.3 is 25.4 Å². The number of anilines is 3. The highest BCUT2D eigenvalue weighted by Crippen LogP contribution is 2.32. The van der Waals surface area contributed by atoms with Crippen molar-refractivity contribution < 1.29 is 9.84 Å². The minimum Gasteiger partial charge on any atom is -0.489 e. The molecule has 4 heterocycles. The van der Waals surface area contributed by atoms with Crippen LogP contribution in [0.2, 0.25) is 5.02 Å². The van der Waals surface area contributed by atoms with Gasteiger partial charge in [-0.25, -0.2) is 4.98 Å². The smallest absolute Gasteiger partial charge is 0.229 e. The van der Waals surface area contributed by atoms with E-state index in [0.29, 0.717) is 40.2 Å². The van der Waals surface area contributed by atoms with E-state index in [2.05, 4.69) is 41.0 Å². The highest BCUT2D eigenvalue weighted by molar-refractivity contribution is 6.32. The minimum absolute atomic E-state index is 0.0942. The molecular weight excluding hydrogens is 470 g/mol. The molecule has 5 rings (SSSR count). The molecule has 3 N–H and O–H groups in total. The standard InChI is InChI=1S/C23H30ClN9O2/c24-18-14-26-23(29-22(18)25-13-16-4-3-9-32-8-2-1-5-19(16)32)28-17-6-7-21(35-11-10-34)20(12-17)33-15-27-30-31-33/h6-7,12,14-16,19,34H,1-5,8-11,13H2,(H2,25,26,28,29). The summed E-state index contributed by atoms with van der Waals surface area (Å²) in [5.41, 5.74) is 1.35. The van der Waals surface area contributed by atoms with Gasteiger partial charge in [-0.15, -0.1) is 5.10 Å².